The van der Waals surface area contributed by atoms with E-state index in [-0.39, 0.29) is 5.91 Å². The van der Waals surface area contributed by atoms with Crippen molar-refractivity contribution in [3.8, 4) is 0 Å². The molecule has 1 aromatic carbocycles. The molecule has 0 fully saturated rings. The molecular weight excluding hydrogens is 360 g/mol. The molecule has 0 bridgehead atoms. The summed E-state index contributed by atoms with van der Waals surface area (Å²) in [7, 11) is 1.80. The van der Waals surface area contributed by atoms with Crippen LogP contribution in [0.5, 0.6) is 0 Å². The minimum absolute atomic E-state index is 0.0537. The van der Waals surface area contributed by atoms with E-state index in [1.54, 1.807) is 42.7 Å². The Hall–Kier alpha value is -2.92. The van der Waals surface area contributed by atoms with Crippen molar-refractivity contribution in [1.82, 2.24) is 14.9 Å². The summed E-state index contributed by atoms with van der Waals surface area (Å²) in [4.78, 5) is 22.6. The number of benzene rings is 1. The Morgan fingerprint density at radius 3 is 2.63 bits per heavy atom. The Morgan fingerprint density at radius 2 is 1.93 bits per heavy atom. The van der Waals surface area contributed by atoms with E-state index in [1.807, 2.05) is 37.3 Å². The first-order valence-electron chi connectivity index (χ1n) is 8.66. The molecule has 6 heteroatoms. The molecule has 0 aliphatic rings. The first kappa shape index (κ1) is 18.9. The van der Waals surface area contributed by atoms with E-state index in [1.165, 1.54) is 0 Å². The van der Waals surface area contributed by atoms with Gasteiger partial charge in [-0.2, -0.15) is 0 Å². The van der Waals surface area contributed by atoms with Gasteiger partial charge in [-0.3, -0.25) is 9.78 Å². The standard InChI is InChI=1S/C21H21ClN4O/c1-15-3-5-18(22)13-19(15)25-20-6-4-17(14-24-20)21(27)26(2)12-9-16-7-10-23-11-8-16/h3-8,10-11,13-14H,9,12H2,1-2H3,(H,24,25). The second-order valence-corrected chi connectivity index (χ2v) is 6.78. The quantitative estimate of drug-likeness (QED) is 0.684. The second kappa shape index (κ2) is 8.64. The molecule has 27 heavy (non-hydrogen) atoms. The number of nitrogens with zero attached hydrogens (tertiary/aromatic N) is 3. The van der Waals surface area contributed by atoms with Gasteiger partial charge in [-0.1, -0.05) is 17.7 Å². The van der Waals surface area contributed by atoms with Crippen molar-refractivity contribution in [2.45, 2.75) is 13.3 Å². The Morgan fingerprint density at radius 1 is 1.15 bits per heavy atom. The van der Waals surface area contributed by atoms with Crippen molar-refractivity contribution in [2.75, 3.05) is 18.9 Å². The van der Waals surface area contributed by atoms with Crippen LogP contribution in [0, 0.1) is 6.92 Å². The summed E-state index contributed by atoms with van der Waals surface area (Å²) in [5.41, 5.74) is 3.67. The fourth-order valence-electron chi connectivity index (χ4n) is 2.63. The molecule has 0 aliphatic carbocycles. The molecule has 0 saturated heterocycles. The number of hydrogen-bond acceptors (Lipinski definition) is 4. The molecular formula is C21H21ClN4O. The molecule has 0 radical (unpaired) electrons. The number of anilines is 2. The summed E-state index contributed by atoms with van der Waals surface area (Å²) in [5.74, 6) is 0.610. The first-order chi connectivity index (χ1) is 13.0. The van der Waals surface area contributed by atoms with Crippen molar-refractivity contribution >= 4 is 29.0 Å². The third-order valence-corrected chi connectivity index (χ3v) is 4.54. The lowest BCUT2D eigenvalue weighted by atomic mass is 10.2. The summed E-state index contributed by atoms with van der Waals surface area (Å²) >= 11 is 6.04. The van der Waals surface area contributed by atoms with E-state index >= 15 is 0 Å². The van der Waals surface area contributed by atoms with Gasteiger partial charge in [0.05, 0.1) is 5.56 Å². The van der Waals surface area contributed by atoms with Crippen molar-refractivity contribution in [3.05, 3.63) is 82.8 Å². The lowest BCUT2D eigenvalue weighted by molar-refractivity contribution is 0.0796. The highest BCUT2D eigenvalue weighted by Gasteiger charge is 2.12. The van der Waals surface area contributed by atoms with Crippen LogP contribution in [0.25, 0.3) is 0 Å². The van der Waals surface area contributed by atoms with Crippen LogP contribution in [0.4, 0.5) is 11.5 Å². The van der Waals surface area contributed by atoms with Crippen molar-refractivity contribution < 1.29 is 4.79 Å². The largest absolute Gasteiger partial charge is 0.341 e. The third kappa shape index (κ3) is 5.05. The number of pyridine rings is 2. The molecule has 0 aliphatic heterocycles. The Balaban J connectivity index is 1.62. The number of nitrogens with one attached hydrogen (secondary N) is 1. The number of likely N-dealkylation sites (N-methyl/N-ethyl adjacent to an activating group) is 1. The van der Waals surface area contributed by atoms with Gasteiger partial charge >= 0.3 is 0 Å². The van der Waals surface area contributed by atoms with Crippen molar-refractivity contribution in [2.24, 2.45) is 0 Å². The minimum atomic E-state index is -0.0537. The van der Waals surface area contributed by atoms with E-state index in [9.17, 15) is 4.79 Å². The molecule has 0 atom stereocenters. The molecule has 2 heterocycles. The molecule has 0 spiro atoms. The van der Waals surface area contributed by atoms with Crippen LogP contribution in [-0.2, 0) is 6.42 Å². The highest BCUT2D eigenvalue weighted by molar-refractivity contribution is 6.30. The zero-order valence-electron chi connectivity index (χ0n) is 15.3. The van der Waals surface area contributed by atoms with Crippen LogP contribution in [0.2, 0.25) is 5.02 Å². The molecule has 0 saturated carbocycles. The van der Waals surface area contributed by atoms with Crippen LogP contribution >= 0.6 is 11.6 Å². The zero-order chi connectivity index (χ0) is 19.2. The molecule has 0 unspecified atom stereocenters. The molecule has 2 aromatic heterocycles. The second-order valence-electron chi connectivity index (χ2n) is 6.35. The van der Waals surface area contributed by atoms with Gasteiger partial charge in [-0.15, -0.1) is 0 Å². The monoisotopic (exact) mass is 380 g/mol. The SMILES string of the molecule is Cc1ccc(Cl)cc1Nc1ccc(C(=O)N(C)CCc2ccncc2)cn1. The molecule has 1 N–H and O–H groups in total. The van der Waals surface area contributed by atoms with Gasteiger partial charge in [0.25, 0.3) is 5.91 Å². The van der Waals surface area contributed by atoms with Crippen LogP contribution in [0.15, 0.2) is 61.1 Å². The number of carbonyl (C=O) groups is 1. The lowest BCUT2D eigenvalue weighted by Crippen LogP contribution is -2.28. The highest BCUT2D eigenvalue weighted by atomic mass is 35.5. The summed E-state index contributed by atoms with van der Waals surface area (Å²) < 4.78 is 0. The fraction of sp³-hybridized carbons (Fsp3) is 0.190. The average Bonchev–Trinajstić information content (AvgIpc) is 2.70. The normalized spacial score (nSPS) is 10.5. The average molecular weight is 381 g/mol. The highest BCUT2D eigenvalue weighted by Crippen LogP contribution is 2.23. The van der Waals surface area contributed by atoms with E-state index < -0.39 is 0 Å². The summed E-state index contributed by atoms with van der Waals surface area (Å²) in [6.45, 7) is 2.62. The fourth-order valence-corrected chi connectivity index (χ4v) is 2.80. The van der Waals surface area contributed by atoms with Crippen LogP contribution < -0.4 is 5.32 Å². The molecule has 138 valence electrons. The van der Waals surface area contributed by atoms with Gasteiger partial charge in [0.15, 0.2) is 0 Å². The van der Waals surface area contributed by atoms with Gasteiger partial charge in [0.1, 0.15) is 5.82 Å². The summed E-state index contributed by atoms with van der Waals surface area (Å²) in [5, 5.41) is 3.89. The Labute approximate surface area is 164 Å². The summed E-state index contributed by atoms with van der Waals surface area (Å²) in [6.07, 6.45) is 5.89. The van der Waals surface area contributed by atoms with E-state index in [0.717, 1.165) is 23.2 Å². The van der Waals surface area contributed by atoms with Gasteiger partial charge in [-0.25, -0.2) is 4.98 Å². The maximum atomic E-state index is 12.6. The molecule has 3 rings (SSSR count). The summed E-state index contributed by atoms with van der Waals surface area (Å²) in [6, 6.07) is 13.1. The first-order valence-corrected chi connectivity index (χ1v) is 9.04. The molecule has 3 aromatic rings. The van der Waals surface area contributed by atoms with Crippen LogP contribution in [0.3, 0.4) is 0 Å². The van der Waals surface area contributed by atoms with Gasteiger partial charge in [-0.05, 0) is 60.9 Å². The number of amides is 1. The van der Waals surface area contributed by atoms with Gasteiger partial charge in [0, 0.05) is 42.9 Å². The number of aryl methyl sites for hydroxylation is 1. The third-order valence-electron chi connectivity index (χ3n) is 4.30. The number of hydrogen-bond donors (Lipinski definition) is 1. The van der Waals surface area contributed by atoms with Gasteiger partial charge in [0.2, 0.25) is 0 Å². The maximum absolute atomic E-state index is 12.6. The van der Waals surface area contributed by atoms with Gasteiger partial charge < -0.3 is 10.2 Å². The predicted molar refractivity (Wildman–Crippen MR) is 109 cm³/mol. The lowest BCUT2D eigenvalue weighted by Gasteiger charge is -2.17. The number of carbonyl (C=O) groups excluding carboxylic acids is 1. The van der Waals surface area contributed by atoms with Crippen LogP contribution in [-0.4, -0.2) is 34.4 Å². The Bertz CT molecular complexity index is 913. The number of aromatic nitrogens is 2. The smallest absolute Gasteiger partial charge is 0.255 e. The van der Waals surface area contributed by atoms with E-state index in [4.69, 9.17) is 11.6 Å². The van der Waals surface area contributed by atoms with Crippen molar-refractivity contribution in [1.29, 1.82) is 0 Å². The topological polar surface area (TPSA) is 58.1 Å². The van der Waals surface area contributed by atoms with Crippen LogP contribution in [0.1, 0.15) is 21.5 Å². The van der Waals surface area contributed by atoms with E-state index in [2.05, 4.69) is 15.3 Å². The van der Waals surface area contributed by atoms with Crippen molar-refractivity contribution in [3.63, 3.8) is 0 Å². The molecule has 1 amide bonds. The number of rotatable bonds is 6. The Kier molecular flexibility index (Phi) is 6.04. The maximum Gasteiger partial charge on any atom is 0.255 e. The van der Waals surface area contributed by atoms with E-state index in [0.29, 0.717) is 22.9 Å². The minimum Gasteiger partial charge on any atom is -0.341 e. The predicted octanol–water partition coefficient (Wildman–Crippen LogP) is 4.50. The molecule has 5 nitrogen and oxygen atoms in total. The zero-order valence-corrected chi connectivity index (χ0v) is 16.1. The number of halogens is 1.